The fourth-order valence-corrected chi connectivity index (χ4v) is 1.50. The van der Waals surface area contributed by atoms with E-state index in [0.717, 1.165) is 22.8 Å². The lowest BCUT2D eigenvalue weighted by Crippen LogP contribution is -1.91. The number of aryl methyl sites for hydroxylation is 1. The van der Waals surface area contributed by atoms with E-state index in [1.807, 2.05) is 13.0 Å². The van der Waals surface area contributed by atoms with E-state index in [-0.39, 0.29) is 0 Å². The summed E-state index contributed by atoms with van der Waals surface area (Å²) in [7, 11) is 1.63. The summed E-state index contributed by atoms with van der Waals surface area (Å²) in [5.41, 5.74) is 2.40. The molecule has 0 saturated carbocycles. The summed E-state index contributed by atoms with van der Waals surface area (Å²) >= 11 is 6.05. The maximum atomic E-state index is 6.05. The minimum absolute atomic E-state index is 0.733. The fraction of sp³-hybridized carbons (Fsp3) is 0.400. The first-order valence-electron chi connectivity index (χ1n) is 4.02. The summed E-state index contributed by atoms with van der Waals surface area (Å²) in [4.78, 5) is 0. The second-order valence-electron chi connectivity index (χ2n) is 2.72. The van der Waals surface area contributed by atoms with Crippen LogP contribution in [-0.4, -0.2) is 7.11 Å². The van der Waals surface area contributed by atoms with Crippen molar-refractivity contribution in [3.8, 4) is 5.75 Å². The number of methoxy groups -OCH3 is 1. The van der Waals surface area contributed by atoms with Crippen molar-refractivity contribution in [3.63, 3.8) is 0 Å². The molecule has 0 atom stereocenters. The molecule has 0 N–H and O–H groups in total. The first-order valence-corrected chi connectivity index (χ1v) is 4.40. The highest BCUT2D eigenvalue weighted by Crippen LogP contribution is 2.29. The molecule has 1 nitrogen and oxygen atoms in total. The van der Waals surface area contributed by atoms with E-state index >= 15 is 0 Å². The molecule has 0 aliphatic rings. The van der Waals surface area contributed by atoms with Crippen LogP contribution in [-0.2, 0) is 6.42 Å². The van der Waals surface area contributed by atoms with Crippen LogP contribution < -0.4 is 4.74 Å². The van der Waals surface area contributed by atoms with Crippen LogP contribution in [0.3, 0.4) is 0 Å². The number of ether oxygens (including phenoxy) is 1. The van der Waals surface area contributed by atoms with E-state index in [9.17, 15) is 0 Å². The quantitative estimate of drug-likeness (QED) is 0.686. The van der Waals surface area contributed by atoms with Crippen molar-refractivity contribution in [1.29, 1.82) is 0 Å². The van der Waals surface area contributed by atoms with Gasteiger partial charge < -0.3 is 4.74 Å². The normalized spacial score (nSPS) is 10.0. The van der Waals surface area contributed by atoms with Crippen LogP contribution in [0.15, 0.2) is 12.1 Å². The Balaban J connectivity index is 3.20. The van der Waals surface area contributed by atoms with Crippen molar-refractivity contribution in [2.75, 3.05) is 7.11 Å². The molecule has 2 heteroatoms. The maximum absolute atomic E-state index is 6.05. The molecule has 0 heterocycles. The van der Waals surface area contributed by atoms with Crippen LogP contribution in [0.1, 0.15) is 18.1 Å². The van der Waals surface area contributed by atoms with Gasteiger partial charge in [-0.3, -0.25) is 0 Å². The lowest BCUT2D eigenvalue weighted by Gasteiger charge is -2.08. The van der Waals surface area contributed by atoms with Gasteiger partial charge in [0.15, 0.2) is 0 Å². The van der Waals surface area contributed by atoms with Gasteiger partial charge in [0.2, 0.25) is 0 Å². The van der Waals surface area contributed by atoms with Crippen molar-refractivity contribution < 1.29 is 4.74 Å². The maximum Gasteiger partial charge on any atom is 0.137 e. The van der Waals surface area contributed by atoms with E-state index in [1.54, 1.807) is 7.11 Å². The molecule has 66 valence electrons. The highest BCUT2D eigenvalue weighted by atomic mass is 35.5. The molecule has 0 radical (unpaired) electrons. The highest BCUT2D eigenvalue weighted by molar-refractivity contribution is 6.32. The van der Waals surface area contributed by atoms with E-state index in [2.05, 4.69) is 13.0 Å². The summed E-state index contributed by atoms with van der Waals surface area (Å²) in [6.45, 7) is 4.13. The molecular weight excluding hydrogens is 172 g/mol. The highest BCUT2D eigenvalue weighted by Gasteiger charge is 2.06. The van der Waals surface area contributed by atoms with Crippen LogP contribution in [0.2, 0.25) is 5.02 Å². The molecule has 1 aromatic rings. The molecule has 0 aliphatic carbocycles. The molecule has 0 unspecified atom stereocenters. The van der Waals surface area contributed by atoms with Crippen molar-refractivity contribution >= 4 is 11.6 Å². The van der Waals surface area contributed by atoms with Crippen molar-refractivity contribution in [2.24, 2.45) is 0 Å². The predicted octanol–water partition coefficient (Wildman–Crippen LogP) is 3.22. The molecule has 0 aliphatic heterocycles. The van der Waals surface area contributed by atoms with Crippen LogP contribution in [0.5, 0.6) is 5.75 Å². The van der Waals surface area contributed by atoms with Gasteiger partial charge in [0.25, 0.3) is 0 Å². The third kappa shape index (κ3) is 1.56. The van der Waals surface area contributed by atoms with Gasteiger partial charge in [-0.2, -0.15) is 0 Å². The largest absolute Gasteiger partial charge is 0.495 e. The summed E-state index contributed by atoms with van der Waals surface area (Å²) in [5.74, 6) is 0.756. The standard InChI is InChI=1S/C10H13ClO/c1-4-8-5-6-9(12-3)10(11)7(8)2/h5-6H,4H2,1-3H3. The average Bonchev–Trinajstić information content (AvgIpc) is 2.10. The van der Waals surface area contributed by atoms with Crippen LogP contribution in [0, 0.1) is 6.92 Å². The first kappa shape index (κ1) is 9.40. The Morgan fingerprint density at radius 2 is 2.08 bits per heavy atom. The molecule has 0 spiro atoms. The molecule has 1 rings (SSSR count). The number of benzene rings is 1. The number of hydrogen-bond acceptors (Lipinski definition) is 1. The molecule has 1 aromatic carbocycles. The topological polar surface area (TPSA) is 9.23 Å². The number of hydrogen-bond donors (Lipinski definition) is 0. The molecule has 0 aromatic heterocycles. The van der Waals surface area contributed by atoms with E-state index in [1.165, 1.54) is 5.56 Å². The van der Waals surface area contributed by atoms with E-state index in [4.69, 9.17) is 16.3 Å². The Labute approximate surface area is 78.3 Å². The van der Waals surface area contributed by atoms with Gasteiger partial charge in [-0.15, -0.1) is 0 Å². The van der Waals surface area contributed by atoms with Gasteiger partial charge in [-0.05, 0) is 30.5 Å². The lowest BCUT2D eigenvalue weighted by molar-refractivity contribution is 0.414. The molecular formula is C10H13ClO. The van der Waals surface area contributed by atoms with Gasteiger partial charge in [0, 0.05) is 0 Å². The van der Waals surface area contributed by atoms with Crippen molar-refractivity contribution in [2.45, 2.75) is 20.3 Å². The monoisotopic (exact) mass is 184 g/mol. The van der Waals surface area contributed by atoms with Gasteiger partial charge >= 0.3 is 0 Å². The average molecular weight is 185 g/mol. The zero-order chi connectivity index (χ0) is 9.14. The third-order valence-corrected chi connectivity index (χ3v) is 2.53. The fourth-order valence-electron chi connectivity index (χ4n) is 1.24. The number of rotatable bonds is 2. The van der Waals surface area contributed by atoms with Crippen LogP contribution in [0.25, 0.3) is 0 Å². The molecule has 0 saturated heterocycles. The lowest BCUT2D eigenvalue weighted by atomic mass is 10.1. The van der Waals surface area contributed by atoms with Crippen molar-refractivity contribution in [3.05, 3.63) is 28.3 Å². The predicted molar refractivity (Wildman–Crippen MR) is 52.1 cm³/mol. The Bertz CT molecular complexity index is 252. The van der Waals surface area contributed by atoms with Crippen molar-refractivity contribution in [1.82, 2.24) is 0 Å². The Morgan fingerprint density at radius 3 is 2.58 bits per heavy atom. The third-order valence-electron chi connectivity index (χ3n) is 2.06. The Kier molecular flexibility index (Phi) is 2.99. The summed E-state index contributed by atoms with van der Waals surface area (Å²) in [6, 6.07) is 3.97. The van der Waals surface area contributed by atoms with Crippen LogP contribution >= 0.6 is 11.6 Å². The van der Waals surface area contributed by atoms with Gasteiger partial charge in [0.05, 0.1) is 12.1 Å². The van der Waals surface area contributed by atoms with E-state index in [0.29, 0.717) is 0 Å². The van der Waals surface area contributed by atoms with Gasteiger partial charge in [0.1, 0.15) is 5.75 Å². The van der Waals surface area contributed by atoms with Crippen LogP contribution in [0.4, 0.5) is 0 Å². The molecule has 12 heavy (non-hydrogen) atoms. The summed E-state index contributed by atoms with van der Waals surface area (Å²) in [5, 5.41) is 0.733. The first-order chi connectivity index (χ1) is 5.70. The zero-order valence-corrected chi connectivity index (χ0v) is 8.40. The molecule has 0 bridgehead atoms. The molecule has 0 amide bonds. The Hall–Kier alpha value is -0.690. The minimum atomic E-state index is 0.733. The Morgan fingerprint density at radius 1 is 1.42 bits per heavy atom. The van der Waals surface area contributed by atoms with E-state index < -0.39 is 0 Å². The van der Waals surface area contributed by atoms with Gasteiger partial charge in [-0.25, -0.2) is 0 Å². The SMILES string of the molecule is CCc1ccc(OC)c(Cl)c1C. The zero-order valence-electron chi connectivity index (χ0n) is 7.65. The molecule has 0 fully saturated rings. The van der Waals surface area contributed by atoms with Gasteiger partial charge in [-0.1, -0.05) is 24.6 Å². The smallest absolute Gasteiger partial charge is 0.137 e. The number of halogens is 1. The summed E-state index contributed by atoms with van der Waals surface area (Å²) in [6.07, 6.45) is 1.01. The summed E-state index contributed by atoms with van der Waals surface area (Å²) < 4.78 is 5.09. The second-order valence-corrected chi connectivity index (χ2v) is 3.10. The second kappa shape index (κ2) is 3.81. The minimum Gasteiger partial charge on any atom is -0.495 e.